The van der Waals surface area contributed by atoms with Crippen LogP contribution in [0.2, 0.25) is 0 Å². The summed E-state index contributed by atoms with van der Waals surface area (Å²) in [6.07, 6.45) is 0. The molecule has 19 heavy (non-hydrogen) atoms. The SMILES string of the molecule is CN1CCN(C(=O)c2ccccc2Br)C(C)(C)C1=O. The van der Waals surface area contributed by atoms with Crippen LogP contribution in [0.25, 0.3) is 0 Å². The summed E-state index contributed by atoms with van der Waals surface area (Å²) in [7, 11) is 1.77. The van der Waals surface area contributed by atoms with Crippen LogP contribution in [-0.2, 0) is 4.79 Å². The van der Waals surface area contributed by atoms with Gasteiger partial charge in [-0.25, -0.2) is 0 Å². The Bertz CT molecular complexity index is 528. The molecule has 0 atom stereocenters. The van der Waals surface area contributed by atoms with E-state index in [4.69, 9.17) is 0 Å². The summed E-state index contributed by atoms with van der Waals surface area (Å²) in [6, 6.07) is 7.29. The molecule has 0 aliphatic carbocycles. The lowest BCUT2D eigenvalue weighted by atomic mass is 9.96. The van der Waals surface area contributed by atoms with Crippen LogP contribution >= 0.6 is 15.9 Å². The number of nitrogens with zero attached hydrogens (tertiary/aromatic N) is 2. The van der Waals surface area contributed by atoms with E-state index in [2.05, 4.69) is 15.9 Å². The van der Waals surface area contributed by atoms with Crippen LogP contribution in [0.5, 0.6) is 0 Å². The number of carbonyl (C=O) groups is 2. The number of likely N-dealkylation sites (N-methyl/N-ethyl adjacent to an activating group) is 1. The lowest BCUT2D eigenvalue weighted by Gasteiger charge is -2.44. The van der Waals surface area contributed by atoms with Crippen molar-refractivity contribution in [3.05, 3.63) is 34.3 Å². The first-order valence-corrected chi connectivity index (χ1v) is 6.97. The van der Waals surface area contributed by atoms with Crippen LogP contribution < -0.4 is 0 Å². The van der Waals surface area contributed by atoms with Gasteiger partial charge in [0.2, 0.25) is 5.91 Å². The number of amides is 2. The van der Waals surface area contributed by atoms with Crippen molar-refractivity contribution in [2.24, 2.45) is 0 Å². The topological polar surface area (TPSA) is 40.6 Å². The van der Waals surface area contributed by atoms with Gasteiger partial charge in [0.05, 0.1) is 5.56 Å². The smallest absolute Gasteiger partial charge is 0.255 e. The standard InChI is InChI=1S/C14H17BrN2O2/c1-14(2)13(19)16(3)8-9-17(14)12(18)10-6-4-5-7-11(10)15/h4-7H,8-9H2,1-3H3. The molecule has 0 saturated carbocycles. The summed E-state index contributed by atoms with van der Waals surface area (Å²) in [5.74, 6) is -0.141. The maximum Gasteiger partial charge on any atom is 0.255 e. The highest BCUT2D eigenvalue weighted by Gasteiger charge is 2.43. The van der Waals surface area contributed by atoms with Crippen molar-refractivity contribution in [3.63, 3.8) is 0 Å². The van der Waals surface area contributed by atoms with Crippen molar-refractivity contribution < 1.29 is 9.59 Å². The van der Waals surface area contributed by atoms with Gasteiger partial charge < -0.3 is 9.80 Å². The first-order valence-electron chi connectivity index (χ1n) is 6.18. The molecule has 0 bridgehead atoms. The fraction of sp³-hybridized carbons (Fsp3) is 0.429. The molecular weight excluding hydrogens is 308 g/mol. The summed E-state index contributed by atoms with van der Waals surface area (Å²) in [5.41, 5.74) is -0.216. The summed E-state index contributed by atoms with van der Waals surface area (Å²) < 4.78 is 0.752. The Balaban J connectivity index is 2.34. The third kappa shape index (κ3) is 2.39. The Kier molecular flexibility index (Phi) is 3.67. The van der Waals surface area contributed by atoms with Gasteiger partial charge in [0.1, 0.15) is 5.54 Å². The van der Waals surface area contributed by atoms with Crippen molar-refractivity contribution in [2.75, 3.05) is 20.1 Å². The highest BCUT2D eigenvalue weighted by molar-refractivity contribution is 9.10. The molecule has 1 aromatic carbocycles. The number of benzene rings is 1. The molecule has 102 valence electrons. The van der Waals surface area contributed by atoms with Gasteiger partial charge >= 0.3 is 0 Å². The van der Waals surface area contributed by atoms with E-state index in [1.807, 2.05) is 18.2 Å². The lowest BCUT2D eigenvalue weighted by molar-refractivity contribution is -0.144. The molecule has 1 aliphatic heterocycles. The fourth-order valence-corrected chi connectivity index (χ4v) is 2.80. The van der Waals surface area contributed by atoms with Gasteiger partial charge in [0, 0.05) is 24.6 Å². The maximum absolute atomic E-state index is 12.6. The Hall–Kier alpha value is -1.36. The zero-order valence-corrected chi connectivity index (χ0v) is 12.9. The number of piperazine rings is 1. The van der Waals surface area contributed by atoms with E-state index in [-0.39, 0.29) is 11.8 Å². The first-order chi connectivity index (χ1) is 8.85. The van der Waals surface area contributed by atoms with E-state index in [1.54, 1.807) is 36.8 Å². The average molecular weight is 325 g/mol. The predicted molar refractivity (Wildman–Crippen MR) is 76.9 cm³/mol. The molecule has 1 heterocycles. The number of hydrogen-bond donors (Lipinski definition) is 0. The van der Waals surface area contributed by atoms with Gasteiger partial charge in [-0.15, -0.1) is 0 Å². The monoisotopic (exact) mass is 324 g/mol. The second-order valence-corrected chi connectivity index (χ2v) is 6.08. The Morgan fingerprint density at radius 1 is 1.26 bits per heavy atom. The summed E-state index contributed by atoms with van der Waals surface area (Å²) in [6.45, 7) is 4.70. The van der Waals surface area contributed by atoms with Gasteiger partial charge in [-0.2, -0.15) is 0 Å². The minimum absolute atomic E-state index is 0.0286. The highest BCUT2D eigenvalue weighted by atomic mass is 79.9. The highest BCUT2D eigenvalue weighted by Crippen LogP contribution is 2.26. The van der Waals surface area contributed by atoms with Crippen LogP contribution in [0.15, 0.2) is 28.7 Å². The molecule has 0 spiro atoms. The molecule has 4 nitrogen and oxygen atoms in total. The van der Waals surface area contributed by atoms with Crippen molar-refractivity contribution in [3.8, 4) is 0 Å². The molecular formula is C14H17BrN2O2. The Labute approximate surface area is 121 Å². The molecule has 0 N–H and O–H groups in total. The minimum atomic E-state index is -0.806. The molecule has 0 radical (unpaired) electrons. The summed E-state index contributed by atoms with van der Waals surface area (Å²) >= 11 is 3.39. The van der Waals surface area contributed by atoms with Crippen LogP contribution in [-0.4, -0.2) is 47.3 Å². The molecule has 1 aliphatic rings. The molecule has 2 amide bonds. The number of hydrogen-bond acceptors (Lipinski definition) is 2. The second-order valence-electron chi connectivity index (χ2n) is 5.22. The van der Waals surface area contributed by atoms with Crippen LogP contribution in [0, 0.1) is 0 Å². The number of rotatable bonds is 1. The summed E-state index contributed by atoms with van der Waals surface area (Å²) in [4.78, 5) is 28.1. The van der Waals surface area contributed by atoms with Crippen LogP contribution in [0.1, 0.15) is 24.2 Å². The number of carbonyl (C=O) groups excluding carboxylic acids is 2. The summed E-state index contributed by atoms with van der Waals surface area (Å²) in [5, 5.41) is 0. The predicted octanol–water partition coefficient (Wildman–Crippen LogP) is 2.14. The van der Waals surface area contributed by atoms with E-state index < -0.39 is 5.54 Å². The molecule has 2 rings (SSSR count). The van der Waals surface area contributed by atoms with Gasteiger partial charge in [-0.05, 0) is 41.9 Å². The molecule has 1 saturated heterocycles. The molecule has 0 aromatic heterocycles. The van der Waals surface area contributed by atoms with E-state index >= 15 is 0 Å². The van der Waals surface area contributed by atoms with Crippen molar-refractivity contribution in [2.45, 2.75) is 19.4 Å². The zero-order valence-electron chi connectivity index (χ0n) is 11.3. The minimum Gasteiger partial charge on any atom is -0.342 e. The molecule has 1 aromatic rings. The van der Waals surface area contributed by atoms with Crippen LogP contribution in [0.3, 0.4) is 0 Å². The van der Waals surface area contributed by atoms with E-state index in [0.29, 0.717) is 18.7 Å². The first kappa shape index (κ1) is 14.1. The van der Waals surface area contributed by atoms with Gasteiger partial charge in [-0.3, -0.25) is 9.59 Å². The second kappa shape index (κ2) is 4.96. The van der Waals surface area contributed by atoms with E-state index in [9.17, 15) is 9.59 Å². The Morgan fingerprint density at radius 3 is 2.53 bits per heavy atom. The van der Waals surface area contributed by atoms with Crippen molar-refractivity contribution in [1.29, 1.82) is 0 Å². The normalized spacial score (nSPS) is 18.6. The van der Waals surface area contributed by atoms with E-state index in [1.165, 1.54) is 0 Å². The lowest BCUT2D eigenvalue weighted by Crippen LogP contribution is -2.63. The Morgan fingerprint density at radius 2 is 1.89 bits per heavy atom. The number of halogens is 1. The van der Waals surface area contributed by atoms with E-state index in [0.717, 1.165) is 4.47 Å². The third-order valence-corrected chi connectivity index (χ3v) is 4.24. The molecule has 0 unspecified atom stereocenters. The largest absolute Gasteiger partial charge is 0.342 e. The quantitative estimate of drug-likeness (QED) is 0.794. The zero-order chi connectivity index (χ0) is 14.2. The van der Waals surface area contributed by atoms with Crippen molar-refractivity contribution in [1.82, 2.24) is 9.80 Å². The fourth-order valence-electron chi connectivity index (χ4n) is 2.35. The van der Waals surface area contributed by atoms with Gasteiger partial charge in [0.15, 0.2) is 0 Å². The van der Waals surface area contributed by atoms with Crippen LogP contribution in [0.4, 0.5) is 0 Å². The molecule has 1 fully saturated rings. The van der Waals surface area contributed by atoms with Gasteiger partial charge in [0.25, 0.3) is 5.91 Å². The maximum atomic E-state index is 12.6. The average Bonchev–Trinajstić information content (AvgIpc) is 2.36. The molecule has 5 heteroatoms. The third-order valence-electron chi connectivity index (χ3n) is 3.55. The van der Waals surface area contributed by atoms with Gasteiger partial charge in [-0.1, -0.05) is 12.1 Å². The van der Waals surface area contributed by atoms with Crippen molar-refractivity contribution >= 4 is 27.7 Å².